The highest BCUT2D eigenvalue weighted by atomic mass is 35.5. The second-order valence-corrected chi connectivity index (χ2v) is 5.76. The maximum absolute atomic E-state index is 12.7. The van der Waals surface area contributed by atoms with Crippen molar-refractivity contribution in [2.24, 2.45) is 11.1 Å². The first-order valence-electron chi connectivity index (χ1n) is 7.64. The van der Waals surface area contributed by atoms with Gasteiger partial charge in [-0.15, -0.1) is 24.8 Å². The zero-order chi connectivity index (χ0) is 14.6. The molecule has 1 fully saturated rings. The Morgan fingerprint density at radius 1 is 1.36 bits per heavy atom. The number of nitrogens with zero attached hydrogens (tertiary/aromatic N) is 2. The second kappa shape index (κ2) is 9.38. The Morgan fingerprint density at radius 2 is 1.95 bits per heavy atom. The first-order chi connectivity index (χ1) is 9.66. The first kappa shape index (κ1) is 21.2. The monoisotopic (exact) mass is 350 g/mol. The number of carbonyl (C=O) groups excluding carboxylic acids is 1. The van der Waals surface area contributed by atoms with E-state index >= 15 is 0 Å². The number of amides is 1. The molecule has 2 heterocycles. The van der Waals surface area contributed by atoms with Crippen LogP contribution in [0.5, 0.6) is 0 Å². The number of aromatic nitrogens is 2. The molecule has 7 heteroatoms. The van der Waals surface area contributed by atoms with Crippen molar-refractivity contribution < 1.29 is 4.79 Å². The van der Waals surface area contributed by atoms with Gasteiger partial charge in [0.05, 0.1) is 11.7 Å². The minimum atomic E-state index is -0.360. The van der Waals surface area contributed by atoms with Crippen molar-refractivity contribution in [2.45, 2.75) is 45.4 Å². The molecular weight excluding hydrogens is 323 g/mol. The number of nitrogens with two attached hydrogens (primary N) is 1. The van der Waals surface area contributed by atoms with Crippen LogP contribution in [0.15, 0.2) is 12.5 Å². The number of rotatable bonds is 5. The van der Waals surface area contributed by atoms with Crippen molar-refractivity contribution in [2.75, 3.05) is 19.6 Å². The third-order valence-corrected chi connectivity index (χ3v) is 4.94. The molecule has 5 nitrogen and oxygen atoms in total. The van der Waals surface area contributed by atoms with E-state index in [1.165, 1.54) is 5.69 Å². The maximum Gasteiger partial charge on any atom is 0.230 e. The largest absolute Gasteiger partial charge is 0.348 e. The van der Waals surface area contributed by atoms with E-state index in [2.05, 4.69) is 23.8 Å². The number of hydrogen-bond donors (Lipinski definition) is 2. The molecule has 1 aliphatic heterocycles. The number of carbonyl (C=O) groups is 1. The summed E-state index contributed by atoms with van der Waals surface area (Å²) in [5, 5.41) is 0. The topological polar surface area (TPSA) is 75.0 Å². The van der Waals surface area contributed by atoms with E-state index in [4.69, 9.17) is 5.73 Å². The van der Waals surface area contributed by atoms with Gasteiger partial charge < -0.3 is 15.6 Å². The molecule has 22 heavy (non-hydrogen) atoms. The summed E-state index contributed by atoms with van der Waals surface area (Å²) < 4.78 is 0. The predicted octanol–water partition coefficient (Wildman–Crippen LogP) is 2.72. The lowest BCUT2D eigenvalue weighted by atomic mass is 9.80. The molecule has 0 aliphatic carbocycles. The van der Waals surface area contributed by atoms with Gasteiger partial charge >= 0.3 is 0 Å². The van der Waals surface area contributed by atoms with E-state index in [0.29, 0.717) is 12.5 Å². The van der Waals surface area contributed by atoms with Crippen LogP contribution in [0.1, 0.15) is 51.1 Å². The third kappa shape index (κ3) is 4.15. The van der Waals surface area contributed by atoms with Crippen LogP contribution in [0.2, 0.25) is 0 Å². The lowest BCUT2D eigenvalue weighted by molar-refractivity contribution is -0.143. The number of halogens is 2. The lowest BCUT2D eigenvalue weighted by Crippen LogP contribution is -2.49. The van der Waals surface area contributed by atoms with E-state index in [9.17, 15) is 4.79 Å². The van der Waals surface area contributed by atoms with Gasteiger partial charge in [0.25, 0.3) is 0 Å². The molecule has 1 aliphatic rings. The Hall–Kier alpha value is -0.780. The number of H-pyrrole nitrogens is 1. The second-order valence-electron chi connectivity index (χ2n) is 5.76. The van der Waals surface area contributed by atoms with Gasteiger partial charge in [-0.1, -0.05) is 13.8 Å². The van der Waals surface area contributed by atoms with Gasteiger partial charge in [-0.2, -0.15) is 0 Å². The van der Waals surface area contributed by atoms with Gasteiger partial charge in [0.1, 0.15) is 0 Å². The molecule has 1 aromatic heterocycles. The van der Waals surface area contributed by atoms with Crippen LogP contribution >= 0.6 is 24.8 Å². The number of likely N-dealkylation sites (tertiary alicyclic amines) is 1. The van der Waals surface area contributed by atoms with Gasteiger partial charge in [-0.05, 0) is 25.7 Å². The van der Waals surface area contributed by atoms with Crippen molar-refractivity contribution in [1.29, 1.82) is 0 Å². The van der Waals surface area contributed by atoms with Crippen molar-refractivity contribution in [3.05, 3.63) is 18.2 Å². The zero-order valence-corrected chi connectivity index (χ0v) is 15.0. The quantitative estimate of drug-likeness (QED) is 0.857. The molecule has 1 aromatic rings. The van der Waals surface area contributed by atoms with Crippen LogP contribution in [0, 0.1) is 5.41 Å². The van der Waals surface area contributed by atoms with Crippen LogP contribution in [-0.2, 0) is 4.79 Å². The molecule has 128 valence electrons. The molecule has 0 atom stereocenters. The molecule has 0 saturated carbocycles. The number of piperidine rings is 1. The van der Waals surface area contributed by atoms with E-state index in [1.54, 1.807) is 6.33 Å². The van der Waals surface area contributed by atoms with Gasteiger partial charge in [-0.3, -0.25) is 4.79 Å². The predicted molar refractivity (Wildman–Crippen MR) is 93.7 cm³/mol. The minimum Gasteiger partial charge on any atom is -0.348 e. The van der Waals surface area contributed by atoms with E-state index < -0.39 is 0 Å². The Labute approximate surface area is 145 Å². The SMILES string of the molecule is CCC(CC)(CN)C(=O)N1CCC(c2cnc[nH]2)CC1.Cl.Cl. The lowest BCUT2D eigenvalue weighted by Gasteiger charge is -2.38. The summed E-state index contributed by atoms with van der Waals surface area (Å²) in [7, 11) is 0. The van der Waals surface area contributed by atoms with Gasteiger partial charge in [0, 0.05) is 37.4 Å². The minimum absolute atomic E-state index is 0. The van der Waals surface area contributed by atoms with Crippen LogP contribution in [0.3, 0.4) is 0 Å². The van der Waals surface area contributed by atoms with Crippen molar-refractivity contribution in [3.63, 3.8) is 0 Å². The van der Waals surface area contributed by atoms with Gasteiger partial charge in [0.2, 0.25) is 5.91 Å². The van der Waals surface area contributed by atoms with E-state index in [1.807, 2.05) is 11.1 Å². The molecule has 1 saturated heterocycles. The van der Waals surface area contributed by atoms with Crippen LogP contribution in [0.4, 0.5) is 0 Å². The fourth-order valence-corrected chi connectivity index (χ4v) is 3.15. The average molecular weight is 351 g/mol. The molecule has 0 radical (unpaired) electrons. The third-order valence-electron chi connectivity index (χ3n) is 4.94. The van der Waals surface area contributed by atoms with Gasteiger partial charge in [0.15, 0.2) is 0 Å². The number of nitrogens with one attached hydrogen (secondary N) is 1. The summed E-state index contributed by atoms with van der Waals surface area (Å²) in [5.74, 6) is 0.741. The summed E-state index contributed by atoms with van der Waals surface area (Å²) in [6, 6.07) is 0. The normalized spacial score (nSPS) is 15.9. The molecule has 0 unspecified atom stereocenters. The van der Waals surface area contributed by atoms with Crippen LogP contribution in [-0.4, -0.2) is 40.4 Å². The Bertz CT molecular complexity index is 418. The van der Waals surface area contributed by atoms with Crippen molar-refractivity contribution in [3.8, 4) is 0 Å². The highest BCUT2D eigenvalue weighted by molar-refractivity contribution is 5.85. The highest BCUT2D eigenvalue weighted by Crippen LogP contribution is 2.32. The highest BCUT2D eigenvalue weighted by Gasteiger charge is 2.38. The summed E-state index contributed by atoms with van der Waals surface area (Å²) >= 11 is 0. The standard InChI is InChI=1S/C15H26N4O.2ClH/c1-3-15(4-2,10-16)14(20)19-7-5-12(6-8-19)13-9-17-11-18-13;;/h9,11-12H,3-8,10,16H2,1-2H3,(H,17,18);2*1H. The molecule has 2 rings (SSSR count). The Morgan fingerprint density at radius 3 is 2.36 bits per heavy atom. The average Bonchev–Trinajstić information content (AvgIpc) is 3.04. The smallest absolute Gasteiger partial charge is 0.230 e. The molecule has 3 N–H and O–H groups in total. The summed E-state index contributed by atoms with van der Waals surface area (Å²) in [6.07, 6.45) is 7.26. The van der Waals surface area contributed by atoms with Crippen molar-refractivity contribution in [1.82, 2.24) is 14.9 Å². The first-order valence-corrected chi connectivity index (χ1v) is 7.64. The zero-order valence-electron chi connectivity index (χ0n) is 13.4. The molecule has 0 spiro atoms. The number of imidazole rings is 1. The molecular formula is C15H28Cl2N4O. The Kier molecular flexibility index (Phi) is 9.05. The van der Waals surface area contributed by atoms with Crippen LogP contribution < -0.4 is 5.73 Å². The van der Waals surface area contributed by atoms with Crippen molar-refractivity contribution >= 4 is 30.7 Å². The summed E-state index contributed by atoms with van der Waals surface area (Å²) in [4.78, 5) is 22.0. The summed E-state index contributed by atoms with van der Waals surface area (Å²) in [6.45, 7) is 6.21. The van der Waals surface area contributed by atoms with Gasteiger partial charge in [-0.25, -0.2) is 4.98 Å². The van der Waals surface area contributed by atoms with E-state index in [-0.39, 0.29) is 36.1 Å². The number of hydrogen-bond acceptors (Lipinski definition) is 3. The fourth-order valence-electron chi connectivity index (χ4n) is 3.15. The number of aromatic amines is 1. The molecule has 0 bridgehead atoms. The van der Waals surface area contributed by atoms with E-state index in [0.717, 1.165) is 38.8 Å². The Balaban J connectivity index is 0.00000220. The summed E-state index contributed by atoms with van der Waals surface area (Å²) in [5.41, 5.74) is 6.71. The van der Waals surface area contributed by atoms with Crippen LogP contribution in [0.25, 0.3) is 0 Å². The molecule has 0 aromatic carbocycles. The maximum atomic E-state index is 12.7. The fraction of sp³-hybridized carbons (Fsp3) is 0.733. The molecule has 1 amide bonds.